The van der Waals surface area contributed by atoms with Gasteiger partial charge in [-0.05, 0) is 31.9 Å². The second kappa shape index (κ2) is 8.48. The molecule has 1 amide bonds. The van der Waals surface area contributed by atoms with E-state index in [2.05, 4.69) is 0 Å². The molecule has 1 atom stereocenters. The van der Waals surface area contributed by atoms with Gasteiger partial charge in [0.15, 0.2) is 11.5 Å². The maximum atomic E-state index is 13.0. The van der Waals surface area contributed by atoms with Crippen LogP contribution < -0.4 is 13.8 Å². The molecule has 10 heteroatoms. The van der Waals surface area contributed by atoms with E-state index in [-0.39, 0.29) is 17.8 Å². The first kappa shape index (κ1) is 21.2. The Morgan fingerprint density at radius 3 is 2.38 bits per heavy atom. The third kappa shape index (κ3) is 4.58. The number of fused-ring (bicyclic) bond motifs is 1. The molecule has 2 aliphatic heterocycles. The number of rotatable bonds is 5. The lowest BCUT2D eigenvalue weighted by atomic mass is 9.96. The lowest BCUT2D eigenvalue weighted by Gasteiger charge is -2.36. The number of sulfonamides is 1. The normalized spacial score (nSPS) is 18.1. The van der Waals surface area contributed by atoms with Crippen molar-refractivity contribution < 1.29 is 32.2 Å². The molecule has 0 aromatic heterocycles. The van der Waals surface area contributed by atoms with Crippen LogP contribution in [-0.4, -0.2) is 70.9 Å². The number of methoxy groups -OCH3 is 1. The summed E-state index contributed by atoms with van der Waals surface area (Å²) in [4.78, 5) is 26.3. The van der Waals surface area contributed by atoms with Crippen molar-refractivity contribution in [1.82, 2.24) is 4.90 Å². The van der Waals surface area contributed by atoms with Gasteiger partial charge in [0, 0.05) is 19.2 Å². The fourth-order valence-corrected chi connectivity index (χ4v) is 4.90. The molecular formula is C19H26N2O7S. The van der Waals surface area contributed by atoms with Crippen LogP contribution in [0.25, 0.3) is 0 Å². The highest BCUT2D eigenvalue weighted by molar-refractivity contribution is 7.92. The molecule has 29 heavy (non-hydrogen) atoms. The molecule has 1 fully saturated rings. The fraction of sp³-hybridized carbons (Fsp3) is 0.579. The number of amides is 1. The molecule has 9 nitrogen and oxygen atoms in total. The minimum Gasteiger partial charge on any atom is -0.486 e. The number of ether oxygens (including phenoxy) is 3. The van der Waals surface area contributed by atoms with Crippen molar-refractivity contribution in [3.8, 4) is 11.5 Å². The Morgan fingerprint density at radius 1 is 1.17 bits per heavy atom. The largest absolute Gasteiger partial charge is 0.486 e. The highest BCUT2D eigenvalue weighted by Gasteiger charge is 2.35. The molecule has 160 valence electrons. The van der Waals surface area contributed by atoms with Crippen molar-refractivity contribution in [2.75, 3.05) is 44.0 Å². The molecule has 0 radical (unpaired) electrons. The summed E-state index contributed by atoms with van der Waals surface area (Å²) in [6.07, 6.45) is 2.05. The second-order valence-electron chi connectivity index (χ2n) is 7.19. The summed E-state index contributed by atoms with van der Waals surface area (Å²) in [5, 5.41) is 0. The second-order valence-corrected chi connectivity index (χ2v) is 9.04. The van der Waals surface area contributed by atoms with Gasteiger partial charge in [0.05, 0.1) is 25.0 Å². The summed E-state index contributed by atoms with van der Waals surface area (Å²) >= 11 is 0. The number of likely N-dealkylation sites (tertiary alicyclic amines) is 1. The van der Waals surface area contributed by atoms with Crippen molar-refractivity contribution in [2.45, 2.75) is 25.8 Å². The number of benzene rings is 1. The molecule has 0 spiro atoms. The number of esters is 1. The number of hydrogen-bond acceptors (Lipinski definition) is 7. The zero-order valence-electron chi connectivity index (χ0n) is 16.8. The van der Waals surface area contributed by atoms with Crippen molar-refractivity contribution >= 4 is 27.6 Å². The van der Waals surface area contributed by atoms with Crippen LogP contribution in [0.1, 0.15) is 19.8 Å². The third-order valence-corrected chi connectivity index (χ3v) is 6.43. The lowest BCUT2D eigenvalue weighted by Crippen LogP contribution is -2.51. The molecule has 1 saturated heterocycles. The van der Waals surface area contributed by atoms with Crippen LogP contribution in [0.5, 0.6) is 11.5 Å². The monoisotopic (exact) mass is 426 g/mol. The van der Waals surface area contributed by atoms with Crippen molar-refractivity contribution in [2.24, 2.45) is 5.92 Å². The first-order valence-corrected chi connectivity index (χ1v) is 11.3. The third-order valence-electron chi connectivity index (χ3n) is 5.19. The number of anilines is 1. The summed E-state index contributed by atoms with van der Waals surface area (Å²) in [7, 11) is -2.39. The van der Waals surface area contributed by atoms with E-state index in [1.807, 2.05) is 0 Å². The van der Waals surface area contributed by atoms with Gasteiger partial charge >= 0.3 is 5.97 Å². The summed E-state index contributed by atoms with van der Waals surface area (Å²) in [6.45, 7) is 3.12. The van der Waals surface area contributed by atoms with E-state index >= 15 is 0 Å². The first-order valence-electron chi connectivity index (χ1n) is 9.48. The van der Waals surface area contributed by atoms with Crippen LogP contribution in [0.3, 0.4) is 0 Å². The van der Waals surface area contributed by atoms with Gasteiger partial charge in [-0.1, -0.05) is 0 Å². The van der Waals surface area contributed by atoms with Crippen LogP contribution in [0.4, 0.5) is 5.69 Å². The maximum absolute atomic E-state index is 13.0. The number of carbonyl (C=O) groups excluding carboxylic acids is 2. The van der Waals surface area contributed by atoms with Gasteiger partial charge in [0.1, 0.15) is 19.3 Å². The fourth-order valence-electron chi connectivity index (χ4n) is 3.74. The molecule has 2 heterocycles. The molecule has 0 saturated carbocycles. The summed E-state index contributed by atoms with van der Waals surface area (Å²) in [6, 6.07) is 3.87. The molecule has 1 unspecified atom stereocenters. The Kier molecular flexibility index (Phi) is 6.21. The van der Waals surface area contributed by atoms with Crippen LogP contribution >= 0.6 is 0 Å². The van der Waals surface area contributed by atoms with E-state index < -0.39 is 16.1 Å². The zero-order valence-corrected chi connectivity index (χ0v) is 17.6. The molecule has 0 N–H and O–H groups in total. The van der Waals surface area contributed by atoms with Gasteiger partial charge in [-0.2, -0.15) is 0 Å². The predicted molar refractivity (Wildman–Crippen MR) is 106 cm³/mol. The molecular weight excluding hydrogens is 400 g/mol. The van der Waals surface area contributed by atoms with Crippen LogP contribution in [-0.2, 0) is 24.3 Å². The highest BCUT2D eigenvalue weighted by Crippen LogP contribution is 2.35. The maximum Gasteiger partial charge on any atom is 0.308 e. The summed E-state index contributed by atoms with van der Waals surface area (Å²) < 4.78 is 41.9. The Labute approximate surface area is 170 Å². The Hall–Kier alpha value is -2.49. The quantitative estimate of drug-likeness (QED) is 0.648. The molecule has 3 rings (SSSR count). The van der Waals surface area contributed by atoms with Crippen molar-refractivity contribution in [3.05, 3.63) is 18.2 Å². The Bertz CT molecular complexity index is 879. The minimum absolute atomic E-state index is 0.233. The standard InChI is InChI=1S/C19H26N2O7S/c1-13(18(22)20-8-6-14(7-9-20)19(23)26-2)21(29(3,24)25)15-4-5-16-17(12-15)28-11-10-27-16/h4-5,12-14H,6-11H2,1-3H3. The van der Waals surface area contributed by atoms with Crippen molar-refractivity contribution in [3.63, 3.8) is 0 Å². The Morgan fingerprint density at radius 2 is 1.79 bits per heavy atom. The topological polar surface area (TPSA) is 102 Å². The summed E-state index contributed by atoms with van der Waals surface area (Å²) in [5.41, 5.74) is 0.335. The van der Waals surface area contributed by atoms with E-state index in [1.54, 1.807) is 30.0 Å². The lowest BCUT2D eigenvalue weighted by molar-refractivity contribution is -0.149. The summed E-state index contributed by atoms with van der Waals surface area (Å²) in [5.74, 6) is 0.161. The van der Waals surface area contributed by atoms with Gasteiger partial charge in [-0.3, -0.25) is 13.9 Å². The average Bonchev–Trinajstić information content (AvgIpc) is 2.71. The average molecular weight is 426 g/mol. The Balaban J connectivity index is 1.79. The van der Waals surface area contributed by atoms with E-state index in [1.165, 1.54) is 7.11 Å². The van der Waals surface area contributed by atoms with Gasteiger partial charge in [-0.25, -0.2) is 8.42 Å². The van der Waals surface area contributed by atoms with Gasteiger partial charge in [0.2, 0.25) is 15.9 Å². The van der Waals surface area contributed by atoms with Gasteiger partial charge in [-0.15, -0.1) is 0 Å². The SMILES string of the molecule is COC(=O)C1CCN(C(=O)C(C)N(c2ccc3c(c2)OCCO3)S(C)(=O)=O)CC1. The number of carbonyl (C=O) groups is 2. The van der Waals surface area contributed by atoms with E-state index in [4.69, 9.17) is 14.2 Å². The zero-order chi connectivity index (χ0) is 21.2. The molecule has 0 bridgehead atoms. The number of nitrogens with zero attached hydrogens (tertiary/aromatic N) is 2. The van der Waals surface area contributed by atoms with E-state index in [9.17, 15) is 18.0 Å². The van der Waals surface area contributed by atoms with Crippen LogP contribution in [0.15, 0.2) is 18.2 Å². The number of hydrogen-bond donors (Lipinski definition) is 0. The van der Waals surface area contributed by atoms with Gasteiger partial charge < -0.3 is 19.1 Å². The first-order chi connectivity index (χ1) is 13.7. The number of piperidine rings is 1. The molecule has 0 aliphatic carbocycles. The highest BCUT2D eigenvalue weighted by atomic mass is 32.2. The minimum atomic E-state index is -3.74. The van der Waals surface area contributed by atoms with E-state index in [0.717, 1.165) is 10.6 Å². The van der Waals surface area contributed by atoms with E-state index in [0.29, 0.717) is 56.3 Å². The molecule has 2 aliphatic rings. The van der Waals surface area contributed by atoms with Crippen LogP contribution in [0, 0.1) is 5.92 Å². The molecule has 1 aromatic carbocycles. The van der Waals surface area contributed by atoms with Gasteiger partial charge in [0.25, 0.3) is 0 Å². The smallest absolute Gasteiger partial charge is 0.308 e. The van der Waals surface area contributed by atoms with Crippen LogP contribution in [0.2, 0.25) is 0 Å². The predicted octanol–water partition coefficient (Wildman–Crippen LogP) is 1.02. The molecule has 1 aromatic rings. The van der Waals surface area contributed by atoms with Crippen molar-refractivity contribution in [1.29, 1.82) is 0 Å².